The molecular formula is C16H20N2O5. The quantitative estimate of drug-likeness (QED) is 0.631. The predicted molar refractivity (Wildman–Crippen MR) is 82.2 cm³/mol. The second-order valence-corrected chi connectivity index (χ2v) is 5.38. The summed E-state index contributed by atoms with van der Waals surface area (Å²) in [6, 6.07) is 5.16. The van der Waals surface area contributed by atoms with Gasteiger partial charge in [-0.05, 0) is 36.1 Å². The standard InChI is InChI=1S/C16H20N2O5/c1-23-15(21)12-5-4-11-6-8-18(10-13(11)9-12)16(22)17-7-2-3-14(19)20/h4-5,9H,2-3,6-8,10H2,1H3,(H,17,22)(H,19,20). The molecule has 2 rings (SSSR count). The summed E-state index contributed by atoms with van der Waals surface area (Å²) in [5.41, 5.74) is 2.52. The summed E-state index contributed by atoms with van der Waals surface area (Å²) in [6.45, 7) is 1.34. The Balaban J connectivity index is 1.94. The van der Waals surface area contributed by atoms with Crippen molar-refractivity contribution in [3.63, 3.8) is 0 Å². The molecule has 0 fully saturated rings. The minimum atomic E-state index is -0.874. The molecule has 7 nitrogen and oxygen atoms in total. The number of esters is 1. The van der Waals surface area contributed by atoms with Crippen molar-refractivity contribution in [2.75, 3.05) is 20.2 Å². The van der Waals surface area contributed by atoms with E-state index in [1.807, 2.05) is 6.07 Å². The highest BCUT2D eigenvalue weighted by atomic mass is 16.5. The third-order valence-electron chi connectivity index (χ3n) is 3.77. The molecule has 0 unspecified atom stereocenters. The third kappa shape index (κ3) is 4.45. The van der Waals surface area contributed by atoms with Gasteiger partial charge >= 0.3 is 18.0 Å². The number of amides is 2. The minimum absolute atomic E-state index is 0.0333. The number of hydrogen-bond donors (Lipinski definition) is 2. The zero-order valence-electron chi connectivity index (χ0n) is 13.0. The Bertz CT molecular complexity index is 614. The zero-order chi connectivity index (χ0) is 16.8. The molecule has 0 saturated carbocycles. The van der Waals surface area contributed by atoms with Gasteiger partial charge in [0.1, 0.15) is 0 Å². The van der Waals surface area contributed by atoms with Crippen LogP contribution in [0, 0.1) is 0 Å². The van der Waals surface area contributed by atoms with E-state index < -0.39 is 11.9 Å². The number of carboxylic acid groups (broad SMARTS) is 1. The van der Waals surface area contributed by atoms with Crippen LogP contribution in [0.2, 0.25) is 0 Å². The van der Waals surface area contributed by atoms with Gasteiger partial charge in [-0.15, -0.1) is 0 Å². The number of hydrogen-bond acceptors (Lipinski definition) is 4. The molecule has 1 heterocycles. The molecule has 0 bridgehead atoms. The molecular weight excluding hydrogens is 300 g/mol. The lowest BCUT2D eigenvalue weighted by Crippen LogP contribution is -2.43. The van der Waals surface area contributed by atoms with Crippen molar-refractivity contribution in [2.45, 2.75) is 25.8 Å². The van der Waals surface area contributed by atoms with Crippen LogP contribution in [0.1, 0.15) is 34.3 Å². The largest absolute Gasteiger partial charge is 0.481 e. The highest BCUT2D eigenvalue weighted by Crippen LogP contribution is 2.21. The van der Waals surface area contributed by atoms with Crippen LogP contribution in [-0.4, -0.2) is 48.2 Å². The molecule has 0 saturated heterocycles. The van der Waals surface area contributed by atoms with Gasteiger partial charge in [0, 0.05) is 26.1 Å². The van der Waals surface area contributed by atoms with E-state index in [9.17, 15) is 14.4 Å². The molecule has 1 aromatic rings. The van der Waals surface area contributed by atoms with E-state index in [1.165, 1.54) is 7.11 Å². The second kappa shape index (κ2) is 7.62. The van der Waals surface area contributed by atoms with Gasteiger partial charge in [0.15, 0.2) is 0 Å². The molecule has 0 aliphatic carbocycles. The van der Waals surface area contributed by atoms with Gasteiger partial charge in [0.05, 0.1) is 12.7 Å². The fourth-order valence-corrected chi connectivity index (χ4v) is 2.52. The van der Waals surface area contributed by atoms with Gasteiger partial charge in [0.25, 0.3) is 0 Å². The average Bonchev–Trinajstić information content (AvgIpc) is 2.56. The van der Waals surface area contributed by atoms with Gasteiger partial charge in [-0.2, -0.15) is 0 Å². The van der Waals surface area contributed by atoms with Crippen molar-refractivity contribution in [3.05, 3.63) is 34.9 Å². The summed E-state index contributed by atoms with van der Waals surface area (Å²) in [7, 11) is 1.33. The molecule has 0 aromatic heterocycles. The van der Waals surface area contributed by atoms with E-state index in [2.05, 4.69) is 5.32 Å². The first-order chi connectivity index (χ1) is 11.0. The highest BCUT2D eigenvalue weighted by molar-refractivity contribution is 5.89. The second-order valence-electron chi connectivity index (χ2n) is 5.38. The molecule has 0 spiro atoms. The number of aliphatic carboxylic acids is 1. The van der Waals surface area contributed by atoms with Crippen molar-refractivity contribution in [2.24, 2.45) is 0 Å². The van der Waals surface area contributed by atoms with E-state index in [0.29, 0.717) is 31.6 Å². The summed E-state index contributed by atoms with van der Waals surface area (Å²) in [6.07, 6.45) is 1.16. The Morgan fingerprint density at radius 1 is 1.30 bits per heavy atom. The number of carboxylic acids is 1. The number of urea groups is 1. The zero-order valence-corrected chi connectivity index (χ0v) is 13.0. The summed E-state index contributed by atoms with van der Waals surface area (Å²) >= 11 is 0. The van der Waals surface area contributed by atoms with Crippen LogP contribution in [0.3, 0.4) is 0 Å². The van der Waals surface area contributed by atoms with Crippen molar-refractivity contribution >= 4 is 18.0 Å². The van der Waals surface area contributed by atoms with E-state index >= 15 is 0 Å². The molecule has 2 amide bonds. The highest BCUT2D eigenvalue weighted by Gasteiger charge is 2.21. The number of fused-ring (bicyclic) bond motifs is 1. The molecule has 0 radical (unpaired) electrons. The Labute approximate surface area is 134 Å². The molecule has 23 heavy (non-hydrogen) atoms. The van der Waals surface area contributed by atoms with Crippen LogP contribution in [0.15, 0.2) is 18.2 Å². The third-order valence-corrected chi connectivity index (χ3v) is 3.77. The van der Waals surface area contributed by atoms with Crippen LogP contribution >= 0.6 is 0 Å². The van der Waals surface area contributed by atoms with E-state index in [1.54, 1.807) is 17.0 Å². The van der Waals surface area contributed by atoms with Crippen molar-refractivity contribution < 1.29 is 24.2 Å². The van der Waals surface area contributed by atoms with E-state index in [0.717, 1.165) is 17.5 Å². The van der Waals surface area contributed by atoms with Crippen molar-refractivity contribution in [1.29, 1.82) is 0 Å². The number of carbonyl (C=O) groups excluding carboxylic acids is 2. The number of nitrogens with one attached hydrogen (secondary N) is 1. The lowest BCUT2D eigenvalue weighted by atomic mass is 9.97. The smallest absolute Gasteiger partial charge is 0.337 e. The number of nitrogens with zero attached hydrogens (tertiary/aromatic N) is 1. The number of benzene rings is 1. The van der Waals surface area contributed by atoms with Gasteiger partial charge in [0.2, 0.25) is 0 Å². The summed E-state index contributed by atoms with van der Waals surface area (Å²) < 4.78 is 4.71. The predicted octanol–water partition coefficient (Wildman–Crippen LogP) is 1.41. The topological polar surface area (TPSA) is 95.9 Å². The van der Waals surface area contributed by atoms with Gasteiger partial charge in [-0.25, -0.2) is 9.59 Å². The number of methoxy groups -OCH3 is 1. The normalized spacial score (nSPS) is 13.2. The van der Waals surface area contributed by atoms with Crippen LogP contribution in [0.5, 0.6) is 0 Å². The molecule has 1 aliphatic heterocycles. The summed E-state index contributed by atoms with van der Waals surface area (Å²) in [5.74, 6) is -1.27. The summed E-state index contributed by atoms with van der Waals surface area (Å²) in [4.78, 5) is 35.8. The first-order valence-electron chi connectivity index (χ1n) is 7.46. The molecule has 0 atom stereocenters. The molecule has 2 N–H and O–H groups in total. The SMILES string of the molecule is COC(=O)c1ccc2c(c1)CN(C(=O)NCCCC(=O)O)CC2. The maximum absolute atomic E-state index is 12.1. The Morgan fingerprint density at radius 2 is 2.09 bits per heavy atom. The fourth-order valence-electron chi connectivity index (χ4n) is 2.52. The Hall–Kier alpha value is -2.57. The first-order valence-corrected chi connectivity index (χ1v) is 7.46. The van der Waals surface area contributed by atoms with Crippen LogP contribution < -0.4 is 5.32 Å². The first kappa shape index (κ1) is 16.8. The van der Waals surface area contributed by atoms with Crippen LogP contribution in [0.4, 0.5) is 4.79 Å². The average molecular weight is 320 g/mol. The minimum Gasteiger partial charge on any atom is -0.481 e. The molecule has 7 heteroatoms. The molecule has 1 aromatic carbocycles. The fraction of sp³-hybridized carbons (Fsp3) is 0.438. The number of ether oxygens (including phenoxy) is 1. The Kier molecular flexibility index (Phi) is 5.56. The monoisotopic (exact) mass is 320 g/mol. The number of carbonyl (C=O) groups is 3. The summed E-state index contributed by atoms with van der Waals surface area (Å²) in [5, 5.41) is 11.3. The van der Waals surface area contributed by atoms with Crippen molar-refractivity contribution in [3.8, 4) is 0 Å². The van der Waals surface area contributed by atoms with E-state index in [4.69, 9.17) is 9.84 Å². The molecule has 1 aliphatic rings. The van der Waals surface area contributed by atoms with Crippen LogP contribution in [-0.2, 0) is 22.5 Å². The lowest BCUT2D eigenvalue weighted by molar-refractivity contribution is -0.137. The van der Waals surface area contributed by atoms with Gasteiger partial charge in [-0.1, -0.05) is 6.07 Å². The van der Waals surface area contributed by atoms with Crippen LogP contribution in [0.25, 0.3) is 0 Å². The Morgan fingerprint density at radius 3 is 2.78 bits per heavy atom. The maximum atomic E-state index is 12.1. The van der Waals surface area contributed by atoms with Gasteiger partial charge < -0.3 is 20.1 Å². The van der Waals surface area contributed by atoms with Crippen molar-refractivity contribution in [1.82, 2.24) is 10.2 Å². The lowest BCUT2D eigenvalue weighted by Gasteiger charge is -2.29. The molecule has 124 valence electrons. The number of rotatable bonds is 5. The maximum Gasteiger partial charge on any atom is 0.337 e. The van der Waals surface area contributed by atoms with Gasteiger partial charge in [-0.3, -0.25) is 4.79 Å². The van der Waals surface area contributed by atoms with E-state index in [-0.39, 0.29) is 12.5 Å².